The quantitative estimate of drug-likeness (QED) is 0.774. The third kappa shape index (κ3) is 1.68. The first-order chi connectivity index (χ1) is 6.07. The molecule has 0 saturated heterocycles. The number of hydrogen-bond acceptors (Lipinski definition) is 3. The Kier molecular flexibility index (Phi) is 2.65. The molecule has 1 heterocycles. The molecule has 0 spiro atoms. The Hall–Kier alpha value is -1.39. The first-order valence-electron chi connectivity index (χ1n) is 3.58. The van der Waals surface area contributed by atoms with Gasteiger partial charge >= 0.3 is 0 Å². The molecule has 0 aliphatic heterocycles. The van der Waals surface area contributed by atoms with Crippen molar-refractivity contribution in [1.29, 1.82) is 0 Å². The van der Waals surface area contributed by atoms with Crippen LogP contribution < -0.4 is 4.74 Å². The summed E-state index contributed by atoms with van der Waals surface area (Å²) < 4.78 is 29.4. The molecule has 0 fully saturated rings. The third-order valence-corrected chi connectivity index (χ3v) is 1.68. The zero-order valence-electron chi connectivity index (χ0n) is 7.21. The number of rotatable bonds is 2. The highest BCUT2D eigenvalue weighted by Crippen LogP contribution is 2.36. The molecule has 0 unspecified atom stereocenters. The standard InChI is InChI=1S/C8H9F2NO2/c1-4-7(12)6(8(9)10)5(13-2)3-11-4/h3,8,12H,1-2H3. The molecule has 5 heteroatoms. The molecule has 1 aromatic rings. The number of ether oxygens (including phenoxy) is 1. The Morgan fingerprint density at radius 2 is 2.15 bits per heavy atom. The lowest BCUT2D eigenvalue weighted by Gasteiger charge is -2.10. The molecular formula is C8H9F2NO2. The van der Waals surface area contributed by atoms with Crippen molar-refractivity contribution in [2.24, 2.45) is 0 Å². The Balaban J connectivity index is 3.32. The molecule has 0 radical (unpaired) electrons. The molecule has 3 nitrogen and oxygen atoms in total. The Bertz CT molecular complexity index is 315. The topological polar surface area (TPSA) is 42.4 Å². The van der Waals surface area contributed by atoms with Crippen molar-refractivity contribution < 1.29 is 18.6 Å². The van der Waals surface area contributed by atoms with Crippen LogP contribution in [-0.4, -0.2) is 17.2 Å². The van der Waals surface area contributed by atoms with Crippen molar-refractivity contribution in [2.75, 3.05) is 7.11 Å². The fraction of sp³-hybridized carbons (Fsp3) is 0.375. The van der Waals surface area contributed by atoms with Crippen LogP contribution in [0.4, 0.5) is 8.78 Å². The molecule has 0 amide bonds. The Morgan fingerprint density at radius 3 is 2.62 bits per heavy atom. The van der Waals surface area contributed by atoms with Crippen LogP contribution in [0.5, 0.6) is 11.5 Å². The molecule has 0 aliphatic carbocycles. The van der Waals surface area contributed by atoms with Crippen LogP contribution in [0.1, 0.15) is 17.7 Å². The fourth-order valence-electron chi connectivity index (χ4n) is 0.971. The van der Waals surface area contributed by atoms with Crippen LogP contribution in [0.2, 0.25) is 0 Å². The van der Waals surface area contributed by atoms with Gasteiger partial charge in [0.05, 0.1) is 19.0 Å². The van der Waals surface area contributed by atoms with Crippen LogP contribution in [0.25, 0.3) is 0 Å². The van der Waals surface area contributed by atoms with Gasteiger partial charge in [0.25, 0.3) is 6.43 Å². The highest BCUT2D eigenvalue weighted by atomic mass is 19.3. The molecule has 0 bridgehead atoms. The van der Waals surface area contributed by atoms with Crippen LogP contribution in [0.15, 0.2) is 6.20 Å². The van der Waals surface area contributed by atoms with E-state index in [0.717, 1.165) is 6.20 Å². The number of aromatic hydroxyl groups is 1. The lowest BCUT2D eigenvalue weighted by Crippen LogP contribution is -1.96. The van der Waals surface area contributed by atoms with E-state index in [0.29, 0.717) is 0 Å². The lowest BCUT2D eigenvalue weighted by molar-refractivity contribution is 0.142. The zero-order chi connectivity index (χ0) is 10.0. The molecule has 0 aromatic carbocycles. The second kappa shape index (κ2) is 3.55. The summed E-state index contributed by atoms with van der Waals surface area (Å²) in [6.07, 6.45) is -1.60. The highest BCUT2D eigenvalue weighted by Gasteiger charge is 2.20. The maximum Gasteiger partial charge on any atom is 0.271 e. The summed E-state index contributed by atoms with van der Waals surface area (Å²) in [5, 5.41) is 9.26. The second-order valence-electron chi connectivity index (χ2n) is 2.47. The summed E-state index contributed by atoms with van der Waals surface area (Å²) in [6, 6.07) is 0. The molecule has 1 rings (SSSR count). The van der Waals surface area contributed by atoms with Gasteiger partial charge in [0, 0.05) is 0 Å². The van der Waals surface area contributed by atoms with Crippen molar-refractivity contribution >= 4 is 0 Å². The maximum atomic E-state index is 12.4. The summed E-state index contributed by atoms with van der Waals surface area (Å²) in [5.41, 5.74) is -0.342. The van der Waals surface area contributed by atoms with Gasteiger partial charge in [-0.2, -0.15) is 0 Å². The van der Waals surface area contributed by atoms with Crippen molar-refractivity contribution in [2.45, 2.75) is 13.3 Å². The van der Waals surface area contributed by atoms with E-state index >= 15 is 0 Å². The number of halogens is 2. The molecule has 0 atom stereocenters. The summed E-state index contributed by atoms with van der Waals surface area (Å²) in [4.78, 5) is 3.68. The van der Waals surface area contributed by atoms with Gasteiger partial charge in [0.15, 0.2) is 0 Å². The van der Waals surface area contributed by atoms with Crippen LogP contribution in [0, 0.1) is 6.92 Å². The van der Waals surface area contributed by atoms with Crippen molar-refractivity contribution in [3.63, 3.8) is 0 Å². The molecular weight excluding hydrogens is 180 g/mol. The number of alkyl halides is 2. The van der Waals surface area contributed by atoms with E-state index in [9.17, 15) is 13.9 Å². The average molecular weight is 189 g/mol. The normalized spacial score (nSPS) is 10.5. The molecule has 13 heavy (non-hydrogen) atoms. The van der Waals surface area contributed by atoms with E-state index in [-0.39, 0.29) is 11.4 Å². The number of methoxy groups -OCH3 is 1. The molecule has 0 saturated carbocycles. The van der Waals surface area contributed by atoms with Crippen LogP contribution in [0.3, 0.4) is 0 Å². The van der Waals surface area contributed by atoms with Gasteiger partial charge in [-0.25, -0.2) is 8.78 Å². The van der Waals surface area contributed by atoms with Gasteiger partial charge in [0.2, 0.25) is 0 Å². The van der Waals surface area contributed by atoms with E-state index in [1.807, 2.05) is 0 Å². The minimum atomic E-state index is -2.77. The van der Waals surface area contributed by atoms with Crippen molar-refractivity contribution in [3.05, 3.63) is 17.5 Å². The lowest BCUT2D eigenvalue weighted by atomic mass is 10.2. The first-order valence-corrected chi connectivity index (χ1v) is 3.58. The van der Waals surface area contributed by atoms with E-state index in [2.05, 4.69) is 9.72 Å². The number of hydrogen-bond donors (Lipinski definition) is 1. The van der Waals surface area contributed by atoms with E-state index in [4.69, 9.17) is 0 Å². The van der Waals surface area contributed by atoms with E-state index in [1.165, 1.54) is 14.0 Å². The first kappa shape index (κ1) is 9.70. The number of pyridine rings is 1. The molecule has 1 N–H and O–H groups in total. The summed E-state index contributed by atoms with van der Waals surface area (Å²) in [6.45, 7) is 1.45. The molecule has 0 aliphatic rings. The van der Waals surface area contributed by atoms with E-state index < -0.39 is 17.7 Å². The van der Waals surface area contributed by atoms with Crippen LogP contribution in [-0.2, 0) is 0 Å². The fourth-order valence-corrected chi connectivity index (χ4v) is 0.971. The molecule has 72 valence electrons. The largest absolute Gasteiger partial charge is 0.505 e. The minimum Gasteiger partial charge on any atom is -0.505 e. The monoisotopic (exact) mass is 189 g/mol. The second-order valence-corrected chi connectivity index (χ2v) is 2.47. The Morgan fingerprint density at radius 1 is 1.54 bits per heavy atom. The summed E-state index contributed by atoms with van der Waals surface area (Å²) in [5.74, 6) is -0.604. The predicted molar refractivity (Wildman–Crippen MR) is 42.1 cm³/mol. The van der Waals surface area contributed by atoms with E-state index in [1.54, 1.807) is 0 Å². The molecule has 1 aromatic heterocycles. The highest BCUT2D eigenvalue weighted by molar-refractivity contribution is 5.45. The summed E-state index contributed by atoms with van der Waals surface area (Å²) in [7, 11) is 1.25. The zero-order valence-corrected chi connectivity index (χ0v) is 7.21. The minimum absolute atomic E-state index is 0.0990. The van der Waals surface area contributed by atoms with Gasteiger partial charge in [-0.1, -0.05) is 0 Å². The van der Waals surface area contributed by atoms with Gasteiger partial charge in [-0.05, 0) is 6.92 Å². The number of nitrogens with zero attached hydrogens (tertiary/aromatic N) is 1. The maximum absolute atomic E-state index is 12.4. The van der Waals surface area contributed by atoms with Gasteiger partial charge in [0.1, 0.15) is 17.1 Å². The SMILES string of the molecule is COc1cnc(C)c(O)c1C(F)F. The number of aryl methyl sites for hydroxylation is 1. The number of aromatic nitrogens is 1. The van der Waals surface area contributed by atoms with Gasteiger partial charge in [-0.3, -0.25) is 4.98 Å². The van der Waals surface area contributed by atoms with Gasteiger partial charge in [-0.15, -0.1) is 0 Å². The predicted octanol–water partition coefficient (Wildman–Crippen LogP) is 2.04. The van der Waals surface area contributed by atoms with Crippen molar-refractivity contribution in [3.8, 4) is 11.5 Å². The van der Waals surface area contributed by atoms with Crippen molar-refractivity contribution in [1.82, 2.24) is 4.98 Å². The third-order valence-electron chi connectivity index (χ3n) is 1.68. The van der Waals surface area contributed by atoms with Gasteiger partial charge < -0.3 is 9.84 Å². The average Bonchev–Trinajstić information content (AvgIpc) is 2.08. The summed E-state index contributed by atoms with van der Waals surface area (Å²) >= 11 is 0. The smallest absolute Gasteiger partial charge is 0.271 e. The Labute approximate surface area is 74.0 Å². The van der Waals surface area contributed by atoms with Crippen LogP contribution >= 0.6 is 0 Å².